The summed E-state index contributed by atoms with van der Waals surface area (Å²) in [5, 5.41) is 0. The monoisotopic (exact) mass is 272 g/mol. The van der Waals surface area contributed by atoms with E-state index < -0.39 is 0 Å². The molecule has 100 valence electrons. The summed E-state index contributed by atoms with van der Waals surface area (Å²) >= 11 is 6.01. The summed E-state index contributed by atoms with van der Waals surface area (Å²) in [5.41, 5.74) is 9.36. The number of hydrogen-bond donors (Lipinski definition) is 0. The molecule has 2 aromatic rings. The highest BCUT2D eigenvalue weighted by molar-refractivity contribution is 6.17. The number of alkyl halides is 1. The molecule has 2 rings (SSSR count). The molecule has 0 aliphatic carbocycles. The van der Waals surface area contributed by atoms with Gasteiger partial charge in [0, 0.05) is 5.88 Å². The van der Waals surface area contributed by atoms with Crippen LogP contribution < -0.4 is 0 Å². The van der Waals surface area contributed by atoms with E-state index in [-0.39, 0.29) is 0 Å². The first-order valence-corrected chi connectivity index (χ1v) is 7.26. The van der Waals surface area contributed by atoms with Gasteiger partial charge in [-0.2, -0.15) is 0 Å². The molecular formula is C18H21Cl. The summed E-state index contributed by atoms with van der Waals surface area (Å²) in [6.07, 6.45) is 0.988. The first-order chi connectivity index (χ1) is 9.01. The molecule has 2 aromatic carbocycles. The summed E-state index contributed by atoms with van der Waals surface area (Å²) < 4.78 is 0. The Balaban J connectivity index is 2.37. The zero-order valence-corrected chi connectivity index (χ0v) is 12.9. The van der Waals surface area contributed by atoms with E-state index in [1.54, 1.807) is 0 Å². The van der Waals surface area contributed by atoms with Crippen molar-refractivity contribution in [1.29, 1.82) is 0 Å². The van der Waals surface area contributed by atoms with Crippen molar-refractivity contribution < 1.29 is 0 Å². The van der Waals surface area contributed by atoms with Crippen LogP contribution in [0.25, 0.3) is 0 Å². The van der Waals surface area contributed by atoms with Gasteiger partial charge in [-0.05, 0) is 67.5 Å². The normalized spacial score (nSPS) is 10.8. The fraction of sp³-hybridized carbons (Fsp3) is 0.333. The smallest absolute Gasteiger partial charge is 0.0476 e. The molecule has 0 aromatic heterocycles. The molecule has 0 saturated carbocycles. The summed E-state index contributed by atoms with van der Waals surface area (Å²) in [4.78, 5) is 0. The van der Waals surface area contributed by atoms with Crippen LogP contribution in [0, 0.1) is 27.7 Å². The standard InChI is InChI=1S/C18H21Cl/c1-12-5-6-16(13(2)7-12)9-17-10-18(11-19)15(4)8-14(17)3/h5-8,10H,9,11H2,1-4H3. The lowest BCUT2D eigenvalue weighted by Crippen LogP contribution is -1.98. The fourth-order valence-corrected chi connectivity index (χ4v) is 2.82. The summed E-state index contributed by atoms with van der Waals surface area (Å²) in [7, 11) is 0. The van der Waals surface area contributed by atoms with Gasteiger partial charge in [0.15, 0.2) is 0 Å². The van der Waals surface area contributed by atoms with Crippen molar-refractivity contribution in [3.63, 3.8) is 0 Å². The van der Waals surface area contributed by atoms with Crippen LogP contribution in [0.15, 0.2) is 30.3 Å². The molecule has 1 heteroatoms. The average Bonchev–Trinajstić information content (AvgIpc) is 2.35. The largest absolute Gasteiger partial charge is 0.122 e. The Hall–Kier alpha value is -1.27. The molecule has 0 amide bonds. The van der Waals surface area contributed by atoms with Gasteiger partial charge in [-0.1, -0.05) is 35.9 Å². The van der Waals surface area contributed by atoms with Gasteiger partial charge in [0.05, 0.1) is 0 Å². The predicted octanol–water partition coefficient (Wildman–Crippen LogP) is 5.25. The van der Waals surface area contributed by atoms with E-state index in [2.05, 4.69) is 58.0 Å². The molecule has 0 heterocycles. The minimum atomic E-state index is 0.589. The van der Waals surface area contributed by atoms with Gasteiger partial charge in [-0.15, -0.1) is 11.6 Å². The van der Waals surface area contributed by atoms with Gasteiger partial charge >= 0.3 is 0 Å². The average molecular weight is 273 g/mol. The molecule has 0 aliphatic rings. The second kappa shape index (κ2) is 5.79. The van der Waals surface area contributed by atoms with Gasteiger partial charge in [-0.25, -0.2) is 0 Å². The Morgan fingerprint density at radius 1 is 0.737 bits per heavy atom. The number of rotatable bonds is 3. The second-order valence-electron chi connectivity index (χ2n) is 5.45. The molecule has 0 aliphatic heterocycles. The molecule has 0 radical (unpaired) electrons. The van der Waals surface area contributed by atoms with E-state index in [0.29, 0.717) is 5.88 Å². The minimum Gasteiger partial charge on any atom is -0.122 e. The molecular weight excluding hydrogens is 252 g/mol. The van der Waals surface area contributed by atoms with Crippen molar-refractivity contribution >= 4 is 11.6 Å². The van der Waals surface area contributed by atoms with Crippen LogP contribution in [0.1, 0.15) is 38.9 Å². The zero-order chi connectivity index (χ0) is 14.0. The lowest BCUT2D eigenvalue weighted by molar-refractivity contribution is 1.10. The van der Waals surface area contributed by atoms with E-state index in [4.69, 9.17) is 11.6 Å². The highest BCUT2D eigenvalue weighted by Gasteiger charge is 2.07. The number of benzene rings is 2. The van der Waals surface area contributed by atoms with E-state index in [0.717, 1.165) is 6.42 Å². The van der Waals surface area contributed by atoms with Gasteiger partial charge in [0.25, 0.3) is 0 Å². The highest BCUT2D eigenvalue weighted by atomic mass is 35.5. The van der Waals surface area contributed by atoms with Crippen molar-refractivity contribution in [1.82, 2.24) is 0 Å². The van der Waals surface area contributed by atoms with E-state index >= 15 is 0 Å². The summed E-state index contributed by atoms with van der Waals surface area (Å²) in [5.74, 6) is 0.589. The Labute approximate surface area is 121 Å². The lowest BCUT2D eigenvalue weighted by atomic mass is 9.93. The summed E-state index contributed by atoms with van der Waals surface area (Å²) in [6, 6.07) is 11.2. The van der Waals surface area contributed by atoms with Crippen LogP contribution in [-0.4, -0.2) is 0 Å². The predicted molar refractivity (Wildman–Crippen MR) is 84.2 cm³/mol. The number of hydrogen-bond acceptors (Lipinski definition) is 0. The van der Waals surface area contributed by atoms with Crippen LogP contribution in [-0.2, 0) is 12.3 Å². The van der Waals surface area contributed by atoms with Gasteiger partial charge in [0.1, 0.15) is 0 Å². The fourth-order valence-electron chi connectivity index (χ4n) is 2.53. The van der Waals surface area contributed by atoms with Crippen LogP contribution >= 0.6 is 11.6 Å². The Morgan fingerprint density at radius 2 is 1.37 bits per heavy atom. The molecule has 0 bridgehead atoms. The Kier molecular flexibility index (Phi) is 4.31. The third-order valence-corrected chi connectivity index (χ3v) is 4.11. The van der Waals surface area contributed by atoms with Gasteiger partial charge < -0.3 is 0 Å². The van der Waals surface area contributed by atoms with Crippen molar-refractivity contribution in [2.75, 3.05) is 0 Å². The maximum absolute atomic E-state index is 6.01. The molecule has 0 spiro atoms. The molecule has 0 fully saturated rings. The van der Waals surface area contributed by atoms with Crippen molar-refractivity contribution in [3.05, 3.63) is 69.3 Å². The topological polar surface area (TPSA) is 0 Å². The third-order valence-electron chi connectivity index (χ3n) is 3.82. The van der Waals surface area contributed by atoms with E-state index in [9.17, 15) is 0 Å². The number of aryl methyl sites for hydroxylation is 4. The lowest BCUT2D eigenvalue weighted by Gasteiger charge is -2.13. The minimum absolute atomic E-state index is 0.589. The third kappa shape index (κ3) is 3.19. The molecule has 0 atom stereocenters. The van der Waals surface area contributed by atoms with Gasteiger partial charge in [-0.3, -0.25) is 0 Å². The quantitative estimate of drug-likeness (QED) is 0.670. The second-order valence-corrected chi connectivity index (χ2v) is 5.71. The number of halogens is 1. The van der Waals surface area contributed by atoms with Crippen LogP contribution in [0.5, 0.6) is 0 Å². The SMILES string of the molecule is Cc1ccc(Cc2cc(CCl)c(C)cc2C)c(C)c1. The maximum atomic E-state index is 6.01. The van der Waals surface area contributed by atoms with Crippen molar-refractivity contribution in [2.24, 2.45) is 0 Å². The van der Waals surface area contributed by atoms with Crippen LogP contribution in [0.4, 0.5) is 0 Å². The summed E-state index contributed by atoms with van der Waals surface area (Å²) in [6.45, 7) is 8.64. The molecule has 0 saturated heterocycles. The van der Waals surface area contributed by atoms with Crippen molar-refractivity contribution in [2.45, 2.75) is 40.0 Å². The van der Waals surface area contributed by atoms with Gasteiger partial charge in [0.2, 0.25) is 0 Å². The van der Waals surface area contributed by atoms with Crippen molar-refractivity contribution in [3.8, 4) is 0 Å². The zero-order valence-electron chi connectivity index (χ0n) is 12.2. The molecule has 0 nitrogen and oxygen atoms in total. The molecule has 0 unspecified atom stereocenters. The van der Waals surface area contributed by atoms with Crippen LogP contribution in [0.3, 0.4) is 0 Å². The van der Waals surface area contributed by atoms with E-state index in [1.807, 2.05) is 0 Å². The first-order valence-electron chi connectivity index (χ1n) is 6.72. The molecule has 19 heavy (non-hydrogen) atoms. The Morgan fingerprint density at radius 3 is 2.00 bits per heavy atom. The maximum Gasteiger partial charge on any atom is 0.0476 e. The molecule has 0 N–H and O–H groups in total. The van der Waals surface area contributed by atoms with Crippen LogP contribution in [0.2, 0.25) is 0 Å². The first kappa shape index (κ1) is 14.1. The highest BCUT2D eigenvalue weighted by Crippen LogP contribution is 2.22. The van der Waals surface area contributed by atoms with E-state index in [1.165, 1.54) is 38.9 Å². The Bertz CT molecular complexity index is 597.